The average Bonchev–Trinajstić information content (AvgIpc) is 3.59. The summed E-state index contributed by atoms with van der Waals surface area (Å²) in [7, 11) is 0. The van der Waals surface area contributed by atoms with Crippen LogP contribution in [0.15, 0.2) is 67.3 Å². The number of carbonyl (C=O) groups excluding carboxylic acids is 1. The van der Waals surface area contributed by atoms with Crippen LogP contribution in [0.2, 0.25) is 0 Å². The summed E-state index contributed by atoms with van der Waals surface area (Å²) in [5.41, 5.74) is 9.44. The summed E-state index contributed by atoms with van der Waals surface area (Å²) in [5, 5.41) is 1.07. The normalized spacial score (nSPS) is 14.5. The highest BCUT2D eigenvalue weighted by atomic mass is 19.1. The van der Waals surface area contributed by atoms with Crippen molar-refractivity contribution in [1.29, 1.82) is 0 Å². The third kappa shape index (κ3) is 3.28. The molecular weight excluding hydrogens is 448 g/mol. The van der Waals surface area contributed by atoms with E-state index in [2.05, 4.69) is 27.1 Å². The number of benzene rings is 2. The van der Waals surface area contributed by atoms with Crippen molar-refractivity contribution in [2.24, 2.45) is 5.73 Å². The molecule has 2 aromatic carbocycles. The Morgan fingerprint density at radius 3 is 2.54 bits per heavy atom. The predicted octanol–water partition coefficient (Wildman–Crippen LogP) is 5.06. The number of fused-ring (bicyclic) bond motifs is 2. The van der Waals surface area contributed by atoms with E-state index in [9.17, 15) is 13.6 Å². The topological polar surface area (TPSA) is 86.2 Å². The largest absolute Gasteiger partial charge is 0.366 e. The fourth-order valence-electron chi connectivity index (χ4n) is 5.06. The zero-order chi connectivity index (χ0) is 24.2. The van der Waals surface area contributed by atoms with Gasteiger partial charge in [0.15, 0.2) is 0 Å². The molecule has 35 heavy (non-hydrogen) atoms. The zero-order valence-electron chi connectivity index (χ0n) is 18.7. The van der Waals surface area contributed by atoms with Crippen LogP contribution in [0, 0.1) is 0 Å². The van der Waals surface area contributed by atoms with Gasteiger partial charge < -0.3 is 5.73 Å². The Morgan fingerprint density at radius 2 is 1.80 bits per heavy atom. The third-order valence-corrected chi connectivity index (χ3v) is 7.04. The first-order valence-corrected chi connectivity index (χ1v) is 11.3. The number of aromatic nitrogens is 4. The van der Waals surface area contributed by atoms with Crippen LogP contribution in [-0.2, 0) is 18.8 Å². The molecular formula is C27H21F2N5O. The van der Waals surface area contributed by atoms with E-state index in [1.54, 1.807) is 18.5 Å². The maximum atomic E-state index is 14.1. The molecule has 0 unspecified atom stereocenters. The van der Waals surface area contributed by atoms with Crippen LogP contribution in [-0.4, -0.2) is 25.3 Å². The Labute approximate surface area is 199 Å². The first-order valence-electron chi connectivity index (χ1n) is 11.3. The van der Waals surface area contributed by atoms with E-state index < -0.39 is 19.3 Å². The van der Waals surface area contributed by atoms with E-state index in [0.717, 1.165) is 29.4 Å². The van der Waals surface area contributed by atoms with E-state index in [1.165, 1.54) is 11.6 Å². The lowest BCUT2D eigenvalue weighted by Gasteiger charge is -2.17. The van der Waals surface area contributed by atoms with Gasteiger partial charge >= 0.3 is 0 Å². The van der Waals surface area contributed by atoms with Gasteiger partial charge in [-0.3, -0.25) is 14.2 Å². The third-order valence-electron chi connectivity index (χ3n) is 7.04. The number of pyridine rings is 1. The molecule has 0 saturated heterocycles. The fraction of sp³-hybridized carbons (Fsp3) is 0.185. The fourth-order valence-corrected chi connectivity index (χ4v) is 5.06. The second-order valence-electron chi connectivity index (χ2n) is 8.90. The van der Waals surface area contributed by atoms with Crippen molar-refractivity contribution < 1.29 is 13.6 Å². The molecule has 3 heterocycles. The first-order chi connectivity index (χ1) is 17.1. The average molecular weight is 469 g/mol. The number of imidazole rings is 1. The Morgan fingerprint density at radius 1 is 1.00 bits per heavy atom. The van der Waals surface area contributed by atoms with Gasteiger partial charge in [0.1, 0.15) is 13.3 Å². The quantitative estimate of drug-likeness (QED) is 0.377. The van der Waals surface area contributed by atoms with Crippen LogP contribution in [0.25, 0.3) is 27.8 Å². The lowest BCUT2D eigenvalue weighted by Crippen LogP contribution is -2.15. The minimum absolute atomic E-state index is 0.0102. The number of carbonyl (C=O) groups is 1. The Balaban J connectivity index is 1.49. The molecule has 1 aliphatic rings. The van der Waals surface area contributed by atoms with Crippen molar-refractivity contribution in [1.82, 2.24) is 19.4 Å². The van der Waals surface area contributed by atoms with Crippen LogP contribution in [0.1, 0.15) is 45.6 Å². The van der Waals surface area contributed by atoms with Gasteiger partial charge in [-0.2, -0.15) is 0 Å². The Kier molecular flexibility index (Phi) is 4.84. The summed E-state index contributed by atoms with van der Waals surface area (Å²) < 4.78 is 29.8. The van der Waals surface area contributed by atoms with E-state index >= 15 is 0 Å². The summed E-state index contributed by atoms with van der Waals surface area (Å²) in [6.45, 7) is -1.92. The van der Waals surface area contributed by atoms with Gasteiger partial charge in [-0.15, -0.1) is 0 Å². The molecule has 3 aromatic heterocycles. The second kappa shape index (κ2) is 7.94. The van der Waals surface area contributed by atoms with Crippen LogP contribution < -0.4 is 5.73 Å². The smallest absolute Gasteiger partial charge is 0.249 e. The zero-order valence-corrected chi connectivity index (χ0v) is 18.7. The van der Waals surface area contributed by atoms with E-state index in [4.69, 9.17) is 5.73 Å². The van der Waals surface area contributed by atoms with Crippen molar-refractivity contribution in [3.8, 4) is 11.1 Å². The van der Waals surface area contributed by atoms with Crippen molar-refractivity contribution in [3.05, 3.63) is 95.2 Å². The summed E-state index contributed by atoms with van der Waals surface area (Å²) in [5.74, 6) is -0.260. The van der Waals surface area contributed by atoms with Gasteiger partial charge in [0.05, 0.1) is 17.4 Å². The van der Waals surface area contributed by atoms with Gasteiger partial charge in [-0.05, 0) is 53.8 Å². The van der Waals surface area contributed by atoms with E-state index in [-0.39, 0.29) is 22.1 Å². The monoisotopic (exact) mass is 469 g/mol. The minimum Gasteiger partial charge on any atom is -0.366 e. The number of nitrogens with two attached hydrogens (primary N) is 1. The number of hydrogen-bond acceptors (Lipinski definition) is 4. The number of primary amides is 1. The second-order valence-corrected chi connectivity index (χ2v) is 8.90. The van der Waals surface area contributed by atoms with Crippen LogP contribution in [0.4, 0.5) is 8.78 Å². The summed E-state index contributed by atoms with van der Waals surface area (Å²) in [4.78, 5) is 25.1. The van der Waals surface area contributed by atoms with Crippen LogP contribution >= 0.6 is 0 Å². The highest BCUT2D eigenvalue weighted by Crippen LogP contribution is 2.53. The van der Waals surface area contributed by atoms with Crippen LogP contribution in [0.3, 0.4) is 0 Å². The van der Waals surface area contributed by atoms with Gasteiger partial charge in [0, 0.05) is 46.1 Å². The lowest BCUT2D eigenvalue weighted by atomic mass is 9.91. The molecule has 0 spiro atoms. The molecule has 1 aliphatic carbocycles. The highest BCUT2D eigenvalue weighted by molar-refractivity contribution is 5.95. The number of alkyl halides is 2. The van der Waals surface area contributed by atoms with Crippen molar-refractivity contribution in [2.75, 3.05) is 0 Å². The summed E-state index contributed by atoms with van der Waals surface area (Å²) in [6.07, 6.45) is 8.99. The summed E-state index contributed by atoms with van der Waals surface area (Å²) >= 11 is 0. The van der Waals surface area contributed by atoms with Gasteiger partial charge in [-0.25, -0.2) is 18.7 Å². The molecule has 6 rings (SSSR count). The van der Waals surface area contributed by atoms with E-state index in [1.807, 2.05) is 35.0 Å². The molecule has 5 aromatic rings. The molecule has 0 atom stereocenters. The molecule has 1 amide bonds. The highest BCUT2D eigenvalue weighted by Gasteiger charge is 2.48. The first kappa shape index (κ1) is 21.3. The molecule has 174 valence electrons. The maximum absolute atomic E-state index is 14.1. The minimum atomic E-state index is -0.989. The maximum Gasteiger partial charge on any atom is 0.249 e. The molecule has 6 nitrogen and oxygen atoms in total. The number of amides is 1. The van der Waals surface area contributed by atoms with E-state index in [0.29, 0.717) is 16.9 Å². The number of halogens is 2. The Hall–Kier alpha value is -4.20. The lowest BCUT2D eigenvalue weighted by molar-refractivity contribution is 0.0998. The molecule has 1 fully saturated rings. The molecule has 0 radical (unpaired) electrons. The molecule has 0 bridgehead atoms. The van der Waals surface area contributed by atoms with Crippen molar-refractivity contribution in [2.45, 2.75) is 31.6 Å². The van der Waals surface area contributed by atoms with Crippen molar-refractivity contribution >= 4 is 22.6 Å². The van der Waals surface area contributed by atoms with Gasteiger partial charge in [0.2, 0.25) is 11.7 Å². The van der Waals surface area contributed by atoms with Crippen LogP contribution in [0.5, 0.6) is 0 Å². The van der Waals surface area contributed by atoms with Crippen molar-refractivity contribution in [3.63, 3.8) is 0 Å². The SMILES string of the molecule is NC(=O)c1ccc(-c2cnc3ncc(C4(c5ccc6ncccc6c5)CC4)n3c2)c(CF)c1CF. The molecule has 2 N–H and O–H groups in total. The molecule has 1 saturated carbocycles. The molecule has 8 heteroatoms. The summed E-state index contributed by atoms with van der Waals surface area (Å²) in [6, 6.07) is 13.3. The van der Waals surface area contributed by atoms with Gasteiger partial charge in [-0.1, -0.05) is 18.2 Å². The molecule has 0 aliphatic heterocycles. The van der Waals surface area contributed by atoms with Gasteiger partial charge in [0.25, 0.3) is 0 Å². The number of nitrogens with zero attached hydrogens (tertiary/aromatic N) is 4. The number of hydrogen-bond donors (Lipinski definition) is 1. The standard InChI is InChI=1S/C27H21F2N5O/c28-11-21-19(4-5-20(25(30)35)22(21)12-29)17-13-32-26-33-14-24(34(26)15-17)27(7-8-27)18-3-6-23-16(10-18)2-1-9-31-23/h1-6,9-10,13-15H,7-8,11-12H2,(H2,30,35). The number of rotatable bonds is 6. The Bertz CT molecular complexity index is 1620. The predicted molar refractivity (Wildman–Crippen MR) is 128 cm³/mol.